The van der Waals surface area contributed by atoms with E-state index in [1.807, 2.05) is 40.8 Å². The van der Waals surface area contributed by atoms with Crippen molar-refractivity contribution in [1.82, 2.24) is 29.4 Å². The fourth-order valence-corrected chi connectivity index (χ4v) is 5.46. The van der Waals surface area contributed by atoms with Crippen molar-refractivity contribution in [3.8, 4) is 11.4 Å². The normalized spacial score (nSPS) is 17.6. The first-order chi connectivity index (χ1) is 16.4. The molecule has 1 amide bonds. The van der Waals surface area contributed by atoms with Gasteiger partial charge in [0.25, 0.3) is 0 Å². The lowest BCUT2D eigenvalue weighted by Crippen LogP contribution is -2.50. The number of piperazine rings is 1. The van der Waals surface area contributed by atoms with Crippen LogP contribution in [-0.4, -0.2) is 76.5 Å². The number of nitrogens with one attached hydrogen (secondary N) is 1. The average Bonchev–Trinajstić information content (AvgIpc) is 3.56. The Morgan fingerprint density at radius 1 is 1.00 bits per heavy atom. The molecule has 0 radical (unpaired) electrons. The van der Waals surface area contributed by atoms with Crippen LogP contribution in [0.15, 0.2) is 53.4 Å². The number of hydrogen-bond donors (Lipinski definition) is 1. The third-order valence-corrected chi connectivity index (χ3v) is 8.08. The molecule has 5 rings (SSSR count). The van der Waals surface area contributed by atoms with Crippen LogP contribution in [0.5, 0.6) is 0 Å². The van der Waals surface area contributed by atoms with Crippen molar-refractivity contribution in [3.63, 3.8) is 0 Å². The smallest absolute Gasteiger partial charge is 0.243 e. The summed E-state index contributed by atoms with van der Waals surface area (Å²) in [6, 6.07) is 14.7. The number of carbonyl (C=O) groups is 1. The number of sulfonamides is 1. The molecule has 1 N–H and O–H groups in total. The van der Waals surface area contributed by atoms with Crippen molar-refractivity contribution in [2.75, 3.05) is 38.0 Å². The fourth-order valence-electron chi connectivity index (χ4n) is 4.04. The summed E-state index contributed by atoms with van der Waals surface area (Å²) in [5.41, 5.74) is 2.61. The highest BCUT2D eigenvalue weighted by atomic mass is 32.2. The maximum atomic E-state index is 12.9. The van der Waals surface area contributed by atoms with E-state index in [0.717, 1.165) is 29.8 Å². The van der Waals surface area contributed by atoms with E-state index >= 15 is 0 Å². The van der Waals surface area contributed by atoms with Gasteiger partial charge >= 0.3 is 0 Å². The molecule has 1 aliphatic carbocycles. The van der Waals surface area contributed by atoms with Crippen LogP contribution in [0.4, 0.5) is 5.69 Å². The van der Waals surface area contributed by atoms with Crippen molar-refractivity contribution < 1.29 is 13.2 Å². The molecule has 3 aromatic rings. The number of nitrogens with zero attached hydrogens (tertiary/aromatic N) is 6. The van der Waals surface area contributed by atoms with Crippen molar-refractivity contribution in [3.05, 3.63) is 54.1 Å². The van der Waals surface area contributed by atoms with Crippen LogP contribution in [-0.2, 0) is 14.8 Å². The average molecular weight is 482 g/mol. The molecule has 0 spiro atoms. The van der Waals surface area contributed by atoms with Gasteiger partial charge in [-0.05, 0) is 66.6 Å². The number of rotatable bonds is 7. The second kappa shape index (κ2) is 9.24. The summed E-state index contributed by atoms with van der Waals surface area (Å²) < 4.78 is 29.1. The lowest BCUT2D eigenvalue weighted by Gasteiger charge is -2.33. The zero-order valence-corrected chi connectivity index (χ0v) is 19.8. The van der Waals surface area contributed by atoms with E-state index < -0.39 is 10.0 Å². The van der Waals surface area contributed by atoms with Crippen LogP contribution in [0.3, 0.4) is 0 Å². The van der Waals surface area contributed by atoms with Crippen molar-refractivity contribution in [1.29, 1.82) is 0 Å². The molecule has 2 aliphatic rings. The SMILES string of the molecule is Cc1ccc(S(=O)(=O)N2CCN(CC(=O)Nc3ccc(-c4nnnn4C4CC4)cc3)CC2)cc1. The quantitative estimate of drug-likeness (QED) is 0.549. The van der Waals surface area contributed by atoms with Gasteiger partial charge in [0, 0.05) is 37.4 Å². The van der Waals surface area contributed by atoms with E-state index in [1.54, 1.807) is 24.3 Å². The van der Waals surface area contributed by atoms with E-state index in [2.05, 4.69) is 20.8 Å². The number of aromatic nitrogens is 4. The lowest BCUT2D eigenvalue weighted by molar-refractivity contribution is -0.117. The molecule has 0 bridgehead atoms. The summed E-state index contributed by atoms with van der Waals surface area (Å²) in [5, 5.41) is 14.9. The minimum absolute atomic E-state index is 0.134. The molecule has 10 nitrogen and oxygen atoms in total. The molecule has 1 aromatic heterocycles. The van der Waals surface area contributed by atoms with Gasteiger partial charge in [0.05, 0.1) is 17.5 Å². The molecular formula is C23H27N7O3S. The van der Waals surface area contributed by atoms with Gasteiger partial charge in [0.2, 0.25) is 15.9 Å². The number of amides is 1. The second-order valence-electron chi connectivity index (χ2n) is 8.80. The Labute approximate surface area is 198 Å². The Bertz CT molecular complexity index is 1260. The maximum Gasteiger partial charge on any atom is 0.243 e. The van der Waals surface area contributed by atoms with Gasteiger partial charge in [0.15, 0.2) is 5.82 Å². The number of benzene rings is 2. The standard InChI is InChI=1S/C23H27N7O3S/c1-17-2-10-21(11-3-17)34(32,33)29-14-12-28(13-15-29)16-22(31)24-19-6-4-18(5-7-19)23-25-26-27-30(23)20-8-9-20/h2-7,10-11,20H,8-9,12-16H2,1H3,(H,24,31). The Balaban J connectivity index is 1.13. The van der Waals surface area contributed by atoms with E-state index in [9.17, 15) is 13.2 Å². The summed E-state index contributed by atoms with van der Waals surface area (Å²) in [4.78, 5) is 14.8. The number of carbonyl (C=O) groups excluding carboxylic acids is 1. The summed E-state index contributed by atoms with van der Waals surface area (Å²) in [6.45, 7) is 3.85. The Kier molecular flexibility index (Phi) is 6.15. The molecular weight excluding hydrogens is 454 g/mol. The van der Waals surface area contributed by atoms with Crippen LogP contribution >= 0.6 is 0 Å². The minimum Gasteiger partial charge on any atom is -0.325 e. The van der Waals surface area contributed by atoms with Crippen LogP contribution in [0.1, 0.15) is 24.4 Å². The number of tetrazole rings is 1. The highest BCUT2D eigenvalue weighted by Crippen LogP contribution is 2.36. The summed E-state index contributed by atoms with van der Waals surface area (Å²) >= 11 is 0. The summed E-state index contributed by atoms with van der Waals surface area (Å²) in [5.74, 6) is 0.601. The van der Waals surface area contributed by atoms with Gasteiger partial charge in [0.1, 0.15) is 0 Å². The molecule has 2 fully saturated rings. The zero-order valence-electron chi connectivity index (χ0n) is 19.0. The van der Waals surface area contributed by atoms with E-state index in [4.69, 9.17) is 0 Å². The Morgan fingerprint density at radius 3 is 2.32 bits per heavy atom. The second-order valence-corrected chi connectivity index (χ2v) is 10.7. The molecule has 1 aliphatic heterocycles. The molecule has 34 heavy (non-hydrogen) atoms. The molecule has 0 atom stereocenters. The first-order valence-electron chi connectivity index (χ1n) is 11.4. The van der Waals surface area contributed by atoms with Crippen LogP contribution in [0.2, 0.25) is 0 Å². The first-order valence-corrected chi connectivity index (χ1v) is 12.8. The van der Waals surface area contributed by atoms with Gasteiger partial charge in [-0.25, -0.2) is 13.1 Å². The topological polar surface area (TPSA) is 113 Å². The largest absolute Gasteiger partial charge is 0.325 e. The molecule has 2 heterocycles. The van der Waals surface area contributed by atoms with Crippen molar-refractivity contribution >= 4 is 21.6 Å². The fraction of sp³-hybridized carbons (Fsp3) is 0.391. The predicted molar refractivity (Wildman–Crippen MR) is 127 cm³/mol. The van der Waals surface area contributed by atoms with E-state index in [0.29, 0.717) is 42.8 Å². The van der Waals surface area contributed by atoms with Gasteiger partial charge in [-0.1, -0.05) is 17.7 Å². The number of anilines is 1. The first kappa shape index (κ1) is 22.6. The van der Waals surface area contributed by atoms with Gasteiger partial charge < -0.3 is 5.32 Å². The number of hydrogen-bond acceptors (Lipinski definition) is 7. The highest BCUT2D eigenvalue weighted by Gasteiger charge is 2.29. The zero-order chi connectivity index (χ0) is 23.7. The van der Waals surface area contributed by atoms with E-state index in [-0.39, 0.29) is 12.5 Å². The molecule has 0 unspecified atom stereocenters. The lowest BCUT2D eigenvalue weighted by atomic mass is 10.2. The molecule has 178 valence electrons. The van der Waals surface area contributed by atoms with Gasteiger partial charge in [-0.3, -0.25) is 9.69 Å². The third-order valence-electron chi connectivity index (χ3n) is 6.17. The minimum atomic E-state index is -3.52. The highest BCUT2D eigenvalue weighted by molar-refractivity contribution is 7.89. The Morgan fingerprint density at radius 2 is 1.68 bits per heavy atom. The van der Waals surface area contributed by atoms with Crippen molar-refractivity contribution in [2.45, 2.75) is 30.7 Å². The molecule has 1 saturated heterocycles. The monoisotopic (exact) mass is 481 g/mol. The summed E-state index contributed by atoms with van der Waals surface area (Å²) in [7, 11) is -3.52. The predicted octanol–water partition coefficient (Wildman–Crippen LogP) is 1.93. The van der Waals surface area contributed by atoms with Crippen LogP contribution in [0, 0.1) is 6.92 Å². The van der Waals surface area contributed by atoms with E-state index in [1.165, 1.54) is 4.31 Å². The van der Waals surface area contributed by atoms with Gasteiger partial charge in [-0.15, -0.1) is 5.10 Å². The molecule has 1 saturated carbocycles. The summed E-state index contributed by atoms with van der Waals surface area (Å²) in [6.07, 6.45) is 2.19. The maximum absolute atomic E-state index is 12.9. The van der Waals surface area contributed by atoms with Crippen molar-refractivity contribution in [2.24, 2.45) is 0 Å². The van der Waals surface area contributed by atoms with Crippen LogP contribution in [0.25, 0.3) is 11.4 Å². The van der Waals surface area contributed by atoms with Gasteiger partial charge in [-0.2, -0.15) is 4.31 Å². The number of aryl methyl sites for hydroxylation is 1. The Hall–Kier alpha value is -3.15. The van der Waals surface area contributed by atoms with Crippen LogP contribution < -0.4 is 5.32 Å². The third kappa shape index (κ3) is 4.86. The molecule has 2 aromatic carbocycles. The molecule has 11 heteroatoms.